The van der Waals surface area contributed by atoms with Gasteiger partial charge in [-0.05, 0) is 25.8 Å². The van der Waals surface area contributed by atoms with Gasteiger partial charge in [0.05, 0.1) is 11.4 Å². The molecule has 0 unspecified atom stereocenters. The van der Waals surface area contributed by atoms with Crippen LogP contribution >= 0.6 is 0 Å². The lowest BCUT2D eigenvalue weighted by atomic mass is 10.2. The maximum absolute atomic E-state index is 4.27. The van der Waals surface area contributed by atoms with Gasteiger partial charge in [-0.2, -0.15) is 0 Å². The summed E-state index contributed by atoms with van der Waals surface area (Å²) in [6.45, 7) is 6.26. The molecule has 4 nitrogen and oxygen atoms in total. The number of rotatable bonds is 5. The molecule has 2 rings (SSSR count). The lowest BCUT2D eigenvalue weighted by Crippen LogP contribution is -2.12. The Bertz CT molecular complexity index is 325. The van der Waals surface area contributed by atoms with Crippen molar-refractivity contribution in [3.8, 4) is 0 Å². The summed E-state index contributed by atoms with van der Waals surface area (Å²) in [4.78, 5) is 0. The number of aromatic nitrogens is 3. The summed E-state index contributed by atoms with van der Waals surface area (Å²) in [7, 11) is 1.96. The molecule has 0 aromatic carbocycles. The molecular formula is C11H20N4. The number of nitrogens with one attached hydrogen (secondary N) is 1. The summed E-state index contributed by atoms with van der Waals surface area (Å²) in [6, 6.07) is 0. The molecule has 1 aromatic rings. The molecule has 84 valence electrons. The lowest BCUT2D eigenvalue weighted by molar-refractivity contribution is 0.458. The Hall–Kier alpha value is -0.900. The second-order valence-corrected chi connectivity index (χ2v) is 4.80. The minimum atomic E-state index is 0.631. The minimum Gasteiger partial charge on any atom is -0.314 e. The molecule has 1 saturated carbocycles. The van der Waals surface area contributed by atoms with Gasteiger partial charge in [-0.1, -0.05) is 19.1 Å². The van der Waals surface area contributed by atoms with Gasteiger partial charge in [0, 0.05) is 19.0 Å². The van der Waals surface area contributed by atoms with Crippen LogP contribution in [0.4, 0.5) is 0 Å². The maximum Gasteiger partial charge on any atom is 0.0999 e. The summed E-state index contributed by atoms with van der Waals surface area (Å²) >= 11 is 0. The smallest absolute Gasteiger partial charge is 0.0999 e. The quantitative estimate of drug-likeness (QED) is 0.798. The van der Waals surface area contributed by atoms with Gasteiger partial charge in [-0.3, -0.25) is 0 Å². The Morgan fingerprint density at radius 2 is 2.20 bits per heavy atom. The molecule has 0 saturated heterocycles. The summed E-state index contributed by atoms with van der Waals surface area (Å²) < 4.78 is 2.11. The Labute approximate surface area is 91.1 Å². The van der Waals surface area contributed by atoms with E-state index >= 15 is 0 Å². The fourth-order valence-electron chi connectivity index (χ4n) is 1.93. The number of nitrogens with zero attached hydrogens (tertiary/aromatic N) is 3. The Morgan fingerprint density at radius 1 is 1.47 bits per heavy atom. The van der Waals surface area contributed by atoms with Crippen molar-refractivity contribution >= 4 is 0 Å². The first-order chi connectivity index (χ1) is 7.22. The SMILES string of the molecule is CNCc1nnn(CC(C)C)c1C1CC1. The van der Waals surface area contributed by atoms with E-state index in [-0.39, 0.29) is 0 Å². The second kappa shape index (κ2) is 4.31. The fourth-order valence-corrected chi connectivity index (χ4v) is 1.93. The topological polar surface area (TPSA) is 42.7 Å². The van der Waals surface area contributed by atoms with Crippen molar-refractivity contribution in [1.82, 2.24) is 20.3 Å². The van der Waals surface area contributed by atoms with Crippen molar-refractivity contribution in [2.45, 2.75) is 45.7 Å². The van der Waals surface area contributed by atoms with Crippen LogP contribution in [0.3, 0.4) is 0 Å². The highest BCUT2D eigenvalue weighted by molar-refractivity contribution is 5.20. The van der Waals surface area contributed by atoms with E-state index in [1.807, 2.05) is 7.05 Å². The zero-order valence-corrected chi connectivity index (χ0v) is 9.82. The minimum absolute atomic E-state index is 0.631. The zero-order chi connectivity index (χ0) is 10.8. The second-order valence-electron chi connectivity index (χ2n) is 4.80. The molecule has 1 N–H and O–H groups in total. The van der Waals surface area contributed by atoms with Crippen molar-refractivity contribution < 1.29 is 0 Å². The van der Waals surface area contributed by atoms with Crippen LogP contribution in [0.15, 0.2) is 0 Å². The van der Waals surface area contributed by atoms with Crippen LogP contribution in [-0.2, 0) is 13.1 Å². The third-order valence-electron chi connectivity index (χ3n) is 2.69. The molecule has 0 radical (unpaired) electrons. The first-order valence-electron chi connectivity index (χ1n) is 5.79. The Balaban J connectivity index is 2.21. The van der Waals surface area contributed by atoms with Crippen molar-refractivity contribution in [2.75, 3.05) is 7.05 Å². The van der Waals surface area contributed by atoms with Crippen molar-refractivity contribution in [3.63, 3.8) is 0 Å². The molecular weight excluding hydrogens is 188 g/mol. The van der Waals surface area contributed by atoms with Crippen LogP contribution in [0, 0.1) is 5.92 Å². The molecule has 0 amide bonds. The van der Waals surface area contributed by atoms with Gasteiger partial charge in [0.25, 0.3) is 0 Å². The predicted octanol–water partition coefficient (Wildman–Crippen LogP) is 1.53. The van der Waals surface area contributed by atoms with E-state index in [4.69, 9.17) is 0 Å². The maximum atomic E-state index is 4.27. The van der Waals surface area contributed by atoms with E-state index in [1.54, 1.807) is 0 Å². The molecule has 1 aliphatic carbocycles. The zero-order valence-electron chi connectivity index (χ0n) is 9.82. The van der Waals surface area contributed by atoms with Crippen molar-refractivity contribution in [3.05, 3.63) is 11.4 Å². The molecule has 0 bridgehead atoms. The van der Waals surface area contributed by atoms with Gasteiger partial charge in [0.15, 0.2) is 0 Å². The van der Waals surface area contributed by atoms with Crippen LogP contribution in [0.5, 0.6) is 0 Å². The molecule has 4 heteroatoms. The molecule has 1 aliphatic rings. The Kier molecular flexibility index (Phi) is 3.05. The van der Waals surface area contributed by atoms with E-state index in [0.29, 0.717) is 5.92 Å². The van der Waals surface area contributed by atoms with Gasteiger partial charge in [0.1, 0.15) is 0 Å². The molecule has 0 atom stereocenters. The highest BCUT2D eigenvalue weighted by atomic mass is 15.4. The monoisotopic (exact) mass is 208 g/mol. The van der Waals surface area contributed by atoms with Crippen molar-refractivity contribution in [2.24, 2.45) is 5.92 Å². The molecule has 1 fully saturated rings. The van der Waals surface area contributed by atoms with Crippen LogP contribution in [0.25, 0.3) is 0 Å². The van der Waals surface area contributed by atoms with E-state index in [9.17, 15) is 0 Å². The fraction of sp³-hybridized carbons (Fsp3) is 0.818. The average Bonchev–Trinajstić information content (AvgIpc) is 2.92. The average molecular weight is 208 g/mol. The Morgan fingerprint density at radius 3 is 2.73 bits per heavy atom. The normalized spacial score (nSPS) is 16.3. The molecule has 0 spiro atoms. The van der Waals surface area contributed by atoms with Crippen LogP contribution in [-0.4, -0.2) is 22.0 Å². The highest BCUT2D eigenvalue weighted by Gasteiger charge is 2.30. The van der Waals surface area contributed by atoms with Gasteiger partial charge < -0.3 is 5.32 Å². The van der Waals surface area contributed by atoms with Crippen LogP contribution < -0.4 is 5.32 Å². The van der Waals surface area contributed by atoms with E-state index in [0.717, 1.165) is 24.7 Å². The van der Waals surface area contributed by atoms with Gasteiger partial charge in [-0.25, -0.2) is 4.68 Å². The third kappa shape index (κ3) is 2.37. The standard InChI is InChI=1S/C11H20N4/c1-8(2)7-15-11(9-4-5-9)10(6-12-3)13-14-15/h8-9,12H,4-7H2,1-3H3. The largest absolute Gasteiger partial charge is 0.314 e. The van der Waals surface area contributed by atoms with Crippen LogP contribution in [0.1, 0.15) is 44.0 Å². The molecule has 15 heavy (non-hydrogen) atoms. The molecule has 1 aromatic heterocycles. The third-order valence-corrected chi connectivity index (χ3v) is 2.69. The molecule has 0 aliphatic heterocycles. The highest BCUT2D eigenvalue weighted by Crippen LogP contribution is 2.41. The van der Waals surface area contributed by atoms with Gasteiger partial charge in [-0.15, -0.1) is 5.10 Å². The first-order valence-corrected chi connectivity index (χ1v) is 5.79. The summed E-state index contributed by atoms with van der Waals surface area (Å²) in [6.07, 6.45) is 2.62. The molecule has 1 heterocycles. The predicted molar refractivity (Wildman–Crippen MR) is 59.6 cm³/mol. The van der Waals surface area contributed by atoms with Gasteiger partial charge in [0.2, 0.25) is 0 Å². The number of hydrogen-bond donors (Lipinski definition) is 1. The lowest BCUT2D eigenvalue weighted by Gasteiger charge is -2.09. The first kappa shape index (κ1) is 10.6. The summed E-state index contributed by atoms with van der Waals surface area (Å²) in [5, 5.41) is 11.7. The summed E-state index contributed by atoms with van der Waals surface area (Å²) in [5.74, 6) is 1.36. The van der Waals surface area contributed by atoms with E-state index in [1.165, 1.54) is 18.5 Å². The summed E-state index contributed by atoms with van der Waals surface area (Å²) in [5.41, 5.74) is 2.51. The van der Waals surface area contributed by atoms with Crippen molar-refractivity contribution in [1.29, 1.82) is 0 Å². The van der Waals surface area contributed by atoms with Crippen LogP contribution in [0.2, 0.25) is 0 Å². The number of hydrogen-bond acceptors (Lipinski definition) is 3. The van der Waals surface area contributed by atoms with E-state index in [2.05, 4.69) is 34.2 Å². The van der Waals surface area contributed by atoms with E-state index < -0.39 is 0 Å². The van der Waals surface area contributed by atoms with Gasteiger partial charge >= 0.3 is 0 Å².